The van der Waals surface area contributed by atoms with Gasteiger partial charge in [0.2, 0.25) is 5.91 Å². The Bertz CT molecular complexity index is 563. The molecule has 5 heteroatoms. The summed E-state index contributed by atoms with van der Waals surface area (Å²) in [5.74, 6) is 0.687. The maximum absolute atomic E-state index is 11.6. The van der Waals surface area contributed by atoms with Crippen LogP contribution < -0.4 is 10.1 Å². The van der Waals surface area contributed by atoms with E-state index in [1.807, 2.05) is 39.0 Å². The first kappa shape index (κ1) is 12.8. The van der Waals surface area contributed by atoms with E-state index in [0.717, 1.165) is 16.0 Å². The summed E-state index contributed by atoms with van der Waals surface area (Å²) >= 11 is 1.46. The lowest BCUT2D eigenvalue weighted by Gasteiger charge is -2.03. The summed E-state index contributed by atoms with van der Waals surface area (Å²) in [6, 6.07) is 5.79. The predicted molar refractivity (Wildman–Crippen MR) is 74.3 cm³/mol. The molecule has 0 bridgehead atoms. The number of carbonyl (C=O) groups is 1. The van der Waals surface area contributed by atoms with E-state index >= 15 is 0 Å². The van der Waals surface area contributed by atoms with Gasteiger partial charge in [0, 0.05) is 5.92 Å². The van der Waals surface area contributed by atoms with Crippen molar-refractivity contribution in [2.24, 2.45) is 5.92 Å². The molecule has 0 aliphatic heterocycles. The van der Waals surface area contributed by atoms with Gasteiger partial charge in [0.05, 0.1) is 11.3 Å². The minimum absolute atomic E-state index is 0.0213. The number of fused-ring (bicyclic) bond motifs is 1. The standard InChI is InChI=1S/C13H16N2O2S/c1-4-17-9-6-5-7-10-11(9)14-13(18-10)15-12(16)8(2)3/h5-8H,4H2,1-3H3,(H,14,15,16). The quantitative estimate of drug-likeness (QED) is 0.922. The summed E-state index contributed by atoms with van der Waals surface area (Å²) in [6.45, 7) is 6.25. The zero-order chi connectivity index (χ0) is 13.1. The topological polar surface area (TPSA) is 51.2 Å². The Morgan fingerprint density at radius 1 is 1.50 bits per heavy atom. The number of para-hydroxylation sites is 1. The first-order valence-corrected chi connectivity index (χ1v) is 6.76. The number of anilines is 1. The van der Waals surface area contributed by atoms with Crippen LogP contribution in [0.25, 0.3) is 10.2 Å². The molecular formula is C13H16N2O2S. The number of nitrogens with one attached hydrogen (secondary N) is 1. The zero-order valence-corrected chi connectivity index (χ0v) is 11.5. The summed E-state index contributed by atoms with van der Waals surface area (Å²) in [5.41, 5.74) is 0.809. The van der Waals surface area contributed by atoms with Crippen LogP contribution in [-0.2, 0) is 4.79 Å². The van der Waals surface area contributed by atoms with E-state index in [4.69, 9.17) is 4.74 Å². The second-order valence-corrected chi connectivity index (χ2v) is 5.23. The van der Waals surface area contributed by atoms with Crippen molar-refractivity contribution < 1.29 is 9.53 Å². The van der Waals surface area contributed by atoms with Crippen LogP contribution >= 0.6 is 11.3 Å². The van der Waals surface area contributed by atoms with Gasteiger partial charge in [0.15, 0.2) is 5.13 Å². The van der Waals surface area contributed by atoms with Gasteiger partial charge in [0.25, 0.3) is 0 Å². The number of aromatic nitrogens is 1. The van der Waals surface area contributed by atoms with Crippen LogP contribution in [0.15, 0.2) is 18.2 Å². The summed E-state index contributed by atoms with van der Waals surface area (Å²) in [5, 5.41) is 3.43. The van der Waals surface area contributed by atoms with E-state index in [0.29, 0.717) is 11.7 Å². The van der Waals surface area contributed by atoms with Crippen molar-refractivity contribution in [3.05, 3.63) is 18.2 Å². The maximum atomic E-state index is 11.6. The first-order valence-electron chi connectivity index (χ1n) is 5.95. The number of ether oxygens (including phenoxy) is 1. The van der Waals surface area contributed by atoms with Crippen LogP contribution in [0.1, 0.15) is 20.8 Å². The molecule has 0 saturated carbocycles. The molecule has 18 heavy (non-hydrogen) atoms. The molecule has 1 heterocycles. The largest absolute Gasteiger partial charge is 0.492 e. The molecule has 0 spiro atoms. The number of thiazole rings is 1. The van der Waals surface area contributed by atoms with E-state index in [1.54, 1.807) is 0 Å². The van der Waals surface area contributed by atoms with Crippen molar-refractivity contribution in [2.45, 2.75) is 20.8 Å². The lowest BCUT2D eigenvalue weighted by atomic mass is 10.2. The molecule has 2 aromatic rings. The van der Waals surface area contributed by atoms with Crippen molar-refractivity contribution in [1.29, 1.82) is 0 Å². The van der Waals surface area contributed by atoms with Gasteiger partial charge in [0.1, 0.15) is 11.3 Å². The molecule has 0 radical (unpaired) electrons. The minimum atomic E-state index is -0.0524. The molecule has 2 rings (SSSR count). The Labute approximate surface area is 110 Å². The summed E-state index contributed by atoms with van der Waals surface area (Å²) in [7, 11) is 0. The van der Waals surface area contributed by atoms with Gasteiger partial charge < -0.3 is 10.1 Å². The molecule has 0 aliphatic carbocycles. The van der Waals surface area contributed by atoms with Crippen molar-refractivity contribution in [1.82, 2.24) is 4.98 Å². The fourth-order valence-electron chi connectivity index (χ4n) is 1.50. The van der Waals surface area contributed by atoms with Crippen LogP contribution in [0, 0.1) is 5.92 Å². The average Bonchev–Trinajstić information content (AvgIpc) is 2.72. The molecule has 96 valence electrons. The molecule has 1 aromatic carbocycles. The molecule has 4 nitrogen and oxygen atoms in total. The Kier molecular flexibility index (Phi) is 3.81. The second kappa shape index (κ2) is 5.35. The zero-order valence-electron chi connectivity index (χ0n) is 10.7. The molecule has 0 unspecified atom stereocenters. The highest BCUT2D eigenvalue weighted by atomic mass is 32.1. The number of hydrogen-bond donors (Lipinski definition) is 1. The Balaban J connectivity index is 2.32. The van der Waals surface area contributed by atoms with Gasteiger partial charge in [-0.3, -0.25) is 4.79 Å². The van der Waals surface area contributed by atoms with Gasteiger partial charge >= 0.3 is 0 Å². The smallest absolute Gasteiger partial charge is 0.228 e. The Morgan fingerprint density at radius 2 is 2.28 bits per heavy atom. The van der Waals surface area contributed by atoms with Crippen molar-refractivity contribution >= 4 is 32.6 Å². The fraction of sp³-hybridized carbons (Fsp3) is 0.385. The molecule has 0 fully saturated rings. The van der Waals surface area contributed by atoms with Crippen LogP contribution in [-0.4, -0.2) is 17.5 Å². The van der Waals surface area contributed by atoms with E-state index in [-0.39, 0.29) is 11.8 Å². The first-order chi connectivity index (χ1) is 8.61. The van der Waals surface area contributed by atoms with Crippen molar-refractivity contribution in [3.63, 3.8) is 0 Å². The van der Waals surface area contributed by atoms with Gasteiger partial charge in [-0.25, -0.2) is 4.98 Å². The SMILES string of the molecule is CCOc1cccc2sc(NC(=O)C(C)C)nc12. The molecule has 0 atom stereocenters. The fourth-order valence-corrected chi connectivity index (χ4v) is 2.38. The van der Waals surface area contributed by atoms with Gasteiger partial charge in [-0.15, -0.1) is 0 Å². The number of amides is 1. The average molecular weight is 264 g/mol. The van der Waals surface area contributed by atoms with Gasteiger partial charge in [-0.1, -0.05) is 31.3 Å². The molecule has 1 N–H and O–H groups in total. The van der Waals surface area contributed by atoms with E-state index in [1.165, 1.54) is 11.3 Å². The Hall–Kier alpha value is -1.62. The second-order valence-electron chi connectivity index (χ2n) is 4.20. The van der Waals surface area contributed by atoms with Gasteiger partial charge in [-0.05, 0) is 19.1 Å². The third-order valence-electron chi connectivity index (χ3n) is 2.44. The van der Waals surface area contributed by atoms with E-state index in [9.17, 15) is 4.79 Å². The van der Waals surface area contributed by atoms with Crippen LogP contribution in [0.5, 0.6) is 5.75 Å². The highest BCUT2D eigenvalue weighted by Gasteiger charge is 2.12. The van der Waals surface area contributed by atoms with Crippen LogP contribution in [0.4, 0.5) is 5.13 Å². The van der Waals surface area contributed by atoms with E-state index in [2.05, 4.69) is 10.3 Å². The van der Waals surface area contributed by atoms with E-state index < -0.39 is 0 Å². The highest BCUT2D eigenvalue weighted by Crippen LogP contribution is 2.32. The maximum Gasteiger partial charge on any atom is 0.228 e. The number of benzene rings is 1. The third kappa shape index (κ3) is 2.61. The van der Waals surface area contributed by atoms with Gasteiger partial charge in [-0.2, -0.15) is 0 Å². The summed E-state index contributed by atoms with van der Waals surface area (Å²) < 4.78 is 6.53. The predicted octanol–water partition coefficient (Wildman–Crippen LogP) is 3.29. The van der Waals surface area contributed by atoms with Crippen LogP contribution in [0.3, 0.4) is 0 Å². The molecule has 1 aromatic heterocycles. The Morgan fingerprint density at radius 3 is 2.94 bits per heavy atom. The normalized spacial score (nSPS) is 10.9. The number of nitrogens with zero attached hydrogens (tertiary/aromatic N) is 1. The monoisotopic (exact) mass is 264 g/mol. The molecule has 0 aliphatic rings. The third-order valence-corrected chi connectivity index (χ3v) is 3.37. The molecular weight excluding hydrogens is 248 g/mol. The minimum Gasteiger partial charge on any atom is -0.492 e. The van der Waals surface area contributed by atoms with Crippen molar-refractivity contribution in [2.75, 3.05) is 11.9 Å². The molecule has 0 saturated heterocycles. The molecule has 1 amide bonds. The number of rotatable bonds is 4. The lowest BCUT2D eigenvalue weighted by molar-refractivity contribution is -0.118. The van der Waals surface area contributed by atoms with Crippen LogP contribution in [0.2, 0.25) is 0 Å². The number of hydrogen-bond acceptors (Lipinski definition) is 4. The summed E-state index contributed by atoms with van der Waals surface area (Å²) in [4.78, 5) is 16.0. The number of carbonyl (C=O) groups excluding carboxylic acids is 1. The lowest BCUT2D eigenvalue weighted by Crippen LogP contribution is -2.17. The summed E-state index contributed by atoms with van der Waals surface area (Å²) in [6.07, 6.45) is 0. The highest BCUT2D eigenvalue weighted by molar-refractivity contribution is 7.22. The van der Waals surface area contributed by atoms with Crippen molar-refractivity contribution in [3.8, 4) is 5.75 Å².